The molecule has 0 amide bonds. The Balaban J connectivity index is 4.16. The highest BCUT2D eigenvalue weighted by Crippen LogP contribution is 2.11. The Labute approximate surface area is 87.8 Å². The predicted octanol–water partition coefficient (Wildman–Crippen LogP) is 1.41. The van der Waals surface area contributed by atoms with Crippen molar-refractivity contribution in [3.05, 3.63) is 0 Å². The summed E-state index contributed by atoms with van der Waals surface area (Å²) in [5.74, 6) is 0.500. The maximum absolute atomic E-state index is 9.78. The van der Waals surface area contributed by atoms with Crippen molar-refractivity contribution in [3.8, 4) is 0 Å². The molecule has 14 heavy (non-hydrogen) atoms. The number of methoxy groups -OCH3 is 1. The van der Waals surface area contributed by atoms with Gasteiger partial charge < -0.3 is 15.2 Å². The fourth-order valence-corrected chi connectivity index (χ4v) is 1.14. The highest BCUT2D eigenvalue weighted by Gasteiger charge is 2.25. The lowest BCUT2D eigenvalue weighted by Gasteiger charge is -2.32. The van der Waals surface area contributed by atoms with Gasteiger partial charge in [-0.15, -0.1) is 0 Å². The first-order chi connectivity index (χ1) is 6.29. The van der Waals surface area contributed by atoms with E-state index < -0.39 is 5.60 Å². The largest absolute Gasteiger partial charge is 0.389 e. The van der Waals surface area contributed by atoms with Crippen molar-refractivity contribution in [2.24, 2.45) is 5.92 Å². The molecular formula is C11H25NO2. The summed E-state index contributed by atoms with van der Waals surface area (Å²) in [5, 5.41) is 13.2. The van der Waals surface area contributed by atoms with Crippen LogP contribution in [0.3, 0.4) is 0 Å². The van der Waals surface area contributed by atoms with Crippen LogP contribution in [-0.4, -0.2) is 36.5 Å². The van der Waals surface area contributed by atoms with Crippen LogP contribution in [0.2, 0.25) is 0 Å². The molecule has 0 aliphatic rings. The number of nitrogens with one attached hydrogen (secondary N) is 1. The summed E-state index contributed by atoms with van der Waals surface area (Å²) >= 11 is 0. The fraction of sp³-hybridized carbons (Fsp3) is 1.00. The third-order valence-electron chi connectivity index (χ3n) is 2.67. The first-order valence-electron chi connectivity index (χ1n) is 5.26. The van der Waals surface area contributed by atoms with E-state index in [-0.39, 0.29) is 6.04 Å². The molecule has 86 valence electrons. The Bertz CT molecular complexity index is 152. The molecule has 2 unspecified atom stereocenters. The van der Waals surface area contributed by atoms with Crippen molar-refractivity contribution < 1.29 is 9.84 Å². The zero-order valence-electron chi connectivity index (χ0n) is 10.3. The second-order valence-corrected chi connectivity index (χ2v) is 4.85. The summed E-state index contributed by atoms with van der Waals surface area (Å²) in [4.78, 5) is 0. The molecule has 0 aromatic heterocycles. The lowest BCUT2D eigenvalue weighted by Crippen LogP contribution is -2.51. The second kappa shape index (κ2) is 5.69. The van der Waals surface area contributed by atoms with Crippen LogP contribution < -0.4 is 5.32 Å². The Hall–Kier alpha value is -0.120. The van der Waals surface area contributed by atoms with Gasteiger partial charge in [0.25, 0.3) is 0 Å². The van der Waals surface area contributed by atoms with Crippen molar-refractivity contribution in [3.63, 3.8) is 0 Å². The van der Waals surface area contributed by atoms with Crippen LogP contribution in [0.4, 0.5) is 0 Å². The van der Waals surface area contributed by atoms with Crippen molar-refractivity contribution in [1.29, 1.82) is 0 Å². The molecule has 0 heterocycles. The van der Waals surface area contributed by atoms with E-state index in [0.29, 0.717) is 18.6 Å². The van der Waals surface area contributed by atoms with E-state index >= 15 is 0 Å². The highest BCUT2D eigenvalue weighted by molar-refractivity contribution is 4.84. The molecule has 3 nitrogen and oxygen atoms in total. The Morgan fingerprint density at radius 3 is 2.07 bits per heavy atom. The average Bonchev–Trinajstić information content (AvgIpc) is 2.01. The summed E-state index contributed by atoms with van der Waals surface area (Å²) in [6, 6.07) is 0.353. The van der Waals surface area contributed by atoms with Crippen LogP contribution >= 0.6 is 0 Å². The molecule has 2 N–H and O–H groups in total. The number of hydrogen-bond acceptors (Lipinski definition) is 3. The summed E-state index contributed by atoms with van der Waals surface area (Å²) < 4.78 is 5.13. The number of rotatable bonds is 6. The summed E-state index contributed by atoms with van der Waals surface area (Å²) in [6.45, 7) is 10.6. The standard InChI is InChI=1S/C11H25NO2/c1-8(2)10(7-14-6)12-9(3)11(4,5)13/h8-10,12-13H,7H2,1-6H3. The van der Waals surface area contributed by atoms with Gasteiger partial charge in [0.15, 0.2) is 0 Å². The number of hydrogen-bond donors (Lipinski definition) is 2. The van der Waals surface area contributed by atoms with Gasteiger partial charge in [0.05, 0.1) is 12.2 Å². The van der Waals surface area contributed by atoms with E-state index in [4.69, 9.17) is 4.74 Å². The minimum atomic E-state index is -0.694. The summed E-state index contributed by atoms with van der Waals surface area (Å²) in [6.07, 6.45) is 0. The van der Waals surface area contributed by atoms with Crippen LogP contribution in [0.1, 0.15) is 34.6 Å². The topological polar surface area (TPSA) is 41.5 Å². The molecule has 0 aliphatic carbocycles. The van der Waals surface area contributed by atoms with E-state index in [2.05, 4.69) is 19.2 Å². The summed E-state index contributed by atoms with van der Waals surface area (Å²) in [7, 11) is 1.70. The maximum atomic E-state index is 9.78. The van der Waals surface area contributed by atoms with Crippen LogP contribution in [0.25, 0.3) is 0 Å². The third-order valence-corrected chi connectivity index (χ3v) is 2.67. The average molecular weight is 203 g/mol. The van der Waals surface area contributed by atoms with Crippen molar-refractivity contribution in [1.82, 2.24) is 5.32 Å². The normalized spacial score (nSPS) is 17.1. The molecule has 0 bridgehead atoms. The zero-order valence-corrected chi connectivity index (χ0v) is 10.3. The van der Waals surface area contributed by atoms with Crippen molar-refractivity contribution >= 4 is 0 Å². The number of aliphatic hydroxyl groups is 1. The molecule has 0 aliphatic heterocycles. The fourth-order valence-electron chi connectivity index (χ4n) is 1.14. The van der Waals surface area contributed by atoms with Crippen molar-refractivity contribution in [2.45, 2.75) is 52.3 Å². The zero-order chi connectivity index (χ0) is 11.4. The molecule has 0 saturated carbocycles. The van der Waals surface area contributed by atoms with E-state index in [1.807, 2.05) is 20.8 Å². The van der Waals surface area contributed by atoms with Crippen LogP contribution in [0.5, 0.6) is 0 Å². The molecule has 2 atom stereocenters. The molecule has 0 aromatic rings. The van der Waals surface area contributed by atoms with Gasteiger partial charge in [-0.3, -0.25) is 0 Å². The molecular weight excluding hydrogens is 178 g/mol. The van der Waals surface area contributed by atoms with Crippen molar-refractivity contribution in [2.75, 3.05) is 13.7 Å². The first-order valence-corrected chi connectivity index (χ1v) is 5.26. The maximum Gasteiger partial charge on any atom is 0.0741 e. The van der Waals surface area contributed by atoms with Gasteiger partial charge in [-0.05, 0) is 26.7 Å². The smallest absolute Gasteiger partial charge is 0.0741 e. The quantitative estimate of drug-likeness (QED) is 0.686. The van der Waals surface area contributed by atoms with Gasteiger partial charge in [0.1, 0.15) is 0 Å². The lowest BCUT2D eigenvalue weighted by atomic mass is 9.97. The van der Waals surface area contributed by atoms with Crippen LogP contribution in [0.15, 0.2) is 0 Å². The van der Waals surface area contributed by atoms with E-state index in [0.717, 1.165) is 0 Å². The van der Waals surface area contributed by atoms with Gasteiger partial charge in [-0.1, -0.05) is 13.8 Å². The Morgan fingerprint density at radius 2 is 1.79 bits per heavy atom. The monoisotopic (exact) mass is 203 g/mol. The molecule has 0 saturated heterocycles. The SMILES string of the molecule is COCC(NC(C)C(C)(C)O)C(C)C. The van der Waals surface area contributed by atoms with E-state index in [1.54, 1.807) is 7.11 Å². The van der Waals surface area contributed by atoms with E-state index in [1.165, 1.54) is 0 Å². The summed E-state index contributed by atoms with van der Waals surface area (Å²) in [5.41, 5.74) is -0.694. The van der Waals surface area contributed by atoms with Gasteiger partial charge in [-0.2, -0.15) is 0 Å². The first kappa shape index (κ1) is 13.9. The minimum absolute atomic E-state index is 0.0602. The molecule has 3 heteroatoms. The molecule has 0 spiro atoms. The predicted molar refractivity (Wildman–Crippen MR) is 59.4 cm³/mol. The third kappa shape index (κ3) is 4.94. The molecule has 0 aromatic carbocycles. The van der Waals surface area contributed by atoms with Crippen LogP contribution in [0, 0.1) is 5.92 Å². The number of ether oxygens (including phenoxy) is 1. The van der Waals surface area contributed by atoms with Gasteiger partial charge >= 0.3 is 0 Å². The van der Waals surface area contributed by atoms with Gasteiger partial charge in [0, 0.05) is 19.2 Å². The lowest BCUT2D eigenvalue weighted by molar-refractivity contribution is 0.0296. The minimum Gasteiger partial charge on any atom is -0.389 e. The molecule has 0 rings (SSSR count). The Kier molecular flexibility index (Phi) is 5.64. The van der Waals surface area contributed by atoms with Gasteiger partial charge in [-0.25, -0.2) is 0 Å². The highest BCUT2D eigenvalue weighted by atomic mass is 16.5. The van der Waals surface area contributed by atoms with Crippen LogP contribution in [-0.2, 0) is 4.74 Å². The van der Waals surface area contributed by atoms with Gasteiger partial charge in [0.2, 0.25) is 0 Å². The molecule has 0 radical (unpaired) electrons. The van der Waals surface area contributed by atoms with E-state index in [9.17, 15) is 5.11 Å². The molecule has 0 fully saturated rings. The Morgan fingerprint density at radius 1 is 1.29 bits per heavy atom. The second-order valence-electron chi connectivity index (χ2n) is 4.85.